The minimum atomic E-state index is -2.48. The van der Waals surface area contributed by atoms with Gasteiger partial charge >= 0.3 is 74.3 Å². The maximum Gasteiger partial charge on any atom is 0.413 e. The molecule has 0 N–H and O–H groups in total. The van der Waals surface area contributed by atoms with E-state index in [2.05, 4.69) is 56.8 Å². The van der Waals surface area contributed by atoms with E-state index in [9.17, 15) is 0 Å². The lowest BCUT2D eigenvalue weighted by atomic mass is 9.76. The Morgan fingerprint density at radius 2 is 1.21 bits per heavy atom. The third-order valence-corrected chi connectivity index (χ3v) is 28.8. The van der Waals surface area contributed by atoms with Crippen LogP contribution in [0.4, 0.5) is 0 Å². The van der Waals surface area contributed by atoms with Gasteiger partial charge in [-0.05, 0) is 111 Å². The van der Waals surface area contributed by atoms with Crippen LogP contribution in [-0.4, -0.2) is 113 Å². The molecule has 53 heavy (non-hydrogen) atoms. The maximum absolute atomic E-state index is 6.53. The molecule has 4 aliphatic rings. The van der Waals surface area contributed by atoms with Crippen molar-refractivity contribution in [1.29, 1.82) is 0 Å². The maximum atomic E-state index is 6.53. The quantitative estimate of drug-likeness (QED) is 0.162. The molecule has 2 aromatic carbocycles. The van der Waals surface area contributed by atoms with Gasteiger partial charge in [0.05, 0.1) is 13.2 Å². The molecule has 2 atom stereocenters. The lowest BCUT2D eigenvalue weighted by Crippen LogP contribution is -2.53. The Balaban J connectivity index is 1.17. The minimum absolute atomic E-state index is 0.0255. The van der Waals surface area contributed by atoms with Crippen LogP contribution < -0.4 is 9.47 Å². The van der Waals surface area contributed by atoms with Crippen molar-refractivity contribution in [1.82, 2.24) is 0 Å². The van der Waals surface area contributed by atoms with Gasteiger partial charge < -0.3 is 51.9 Å². The van der Waals surface area contributed by atoms with Crippen molar-refractivity contribution in [3.8, 4) is 11.5 Å². The third-order valence-electron chi connectivity index (χ3n) is 9.30. The van der Waals surface area contributed by atoms with Crippen LogP contribution in [0.5, 0.6) is 11.5 Å². The number of hydrogen-bond acceptors (Lipinski definition) is 12. The number of ether oxygens (including phenoxy) is 4. The highest BCUT2D eigenvalue weighted by atomic mass is 28.5. The monoisotopic (exact) mass is 864 g/mol. The van der Waals surface area contributed by atoms with E-state index in [-0.39, 0.29) is 27.6 Å². The summed E-state index contributed by atoms with van der Waals surface area (Å²) in [6, 6.07) is 15.0. The van der Waals surface area contributed by atoms with Crippen LogP contribution in [0.15, 0.2) is 36.4 Å². The van der Waals surface area contributed by atoms with Gasteiger partial charge in [-0.3, -0.25) is 0 Å². The average Bonchev–Trinajstić information content (AvgIpc) is 4.01. The molecule has 0 bridgehead atoms. The lowest BCUT2D eigenvalue weighted by Gasteiger charge is -2.35. The molecule has 0 amide bonds. The first kappa shape index (κ1) is 42.0. The molecular formula is C33H52O12Si8. The van der Waals surface area contributed by atoms with Crippen LogP contribution in [0.3, 0.4) is 0 Å². The molecule has 2 unspecified atom stereocenters. The molecule has 0 aliphatic carbocycles. The summed E-state index contributed by atoms with van der Waals surface area (Å²) >= 11 is 0. The van der Waals surface area contributed by atoms with Gasteiger partial charge in [0.15, 0.2) is 0 Å². The summed E-state index contributed by atoms with van der Waals surface area (Å²) in [6.07, 6.45) is 3.87. The van der Waals surface area contributed by atoms with E-state index >= 15 is 0 Å². The van der Waals surface area contributed by atoms with E-state index < -0.39 is 64.3 Å². The first-order chi connectivity index (χ1) is 25.3. The fraction of sp³-hybridized carbons (Fsp3) is 0.636. The zero-order valence-electron chi connectivity index (χ0n) is 32.1. The summed E-state index contributed by atoms with van der Waals surface area (Å²) < 4.78 is 72.7. The molecule has 4 fully saturated rings. The molecule has 4 aliphatic heterocycles. The molecule has 0 spiro atoms. The summed E-state index contributed by atoms with van der Waals surface area (Å²) in [4.78, 5) is 0. The predicted octanol–water partition coefficient (Wildman–Crippen LogP) is 5.28. The number of aryl methyl sites for hydroxylation is 2. The Morgan fingerprint density at radius 3 is 1.75 bits per heavy atom. The number of benzene rings is 2. The molecule has 2 aromatic rings. The average molecular weight is 865 g/mol. The van der Waals surface area contributed by atoms with Crippen molar-refractivity contribution >= 4 is 74.3 Å². The topological polar surface area (TPSA) is 117 Å². The van der Waals surface area contributed by atoms with E-state index in [1.807, 2.05) is 32.7 Å². The first-order valence-corrected chi connectivity index (χ1v) is 32.3. The fourth-order valence-electron chi connectivity index (χ4n) is 6.34. The molecule has 0 saturated carbocycles. The summed E-state index contributed by atoms with van der Waals surface area (Å²) in [7, 11) is -10.8. The molecule has 0 aromatic heterocycles. The molecule has 4 saturated heterocycles. The summed E-state index contributed by atoms with van der Waals surface area (Å²) in [5.74, 6) is 1.82. The van der Waals surface area contributed by atoms with Gasteiger partial charge in [-0.25, -0.2) is 0 Å². The van der Waals surface area contributed by atoms with Crippen LogP contribution in [0.25, 0.3) is 0 Å². The van der Waals surface area contributed by atoms with Crippen LogP contribution in [-0.2, 0) is 60.7 Å². The van der Waals surface area contributed by atoms with Crippen molar-refractivity contribution in [2.75, 3.05) is 26.4 Å². The van der Waals surface area contributed by atoms with E-state index in [4.69, 9.17) is 51.9 Å². The number of hydrogen-bond donors (Lipinski definition) is 0. The summed E-state index contributed by atoms with van der Waals surface area (Å²) in [5, 5.41) is 0. The highest BCUT2D eigenvalue weighted by Gasteiger charge is 2.41. The second kappa shape index (κ2) is 19.2. The summed E-state index contributed by atoms with van der Waals surface area (Å²) in [5.41, 5.74) is 4.53. The lowest BCUT2D eigenvalue weighted by molar-refractivity contribution is 0.260. The highest BCUT2D eigenvalue weighted by Crippen LogP contribution is 2.38. The Bertz CT molecular complexity index is 1470. The third kappa shape index (κ3) is 12.9. The summed E-state index contributed by atoms with van der Waals surface area (Å²) in [6.45, 7) is 19.5. The smallest absolute Gasteiger partial charge is 0.413 e. The van der Waals surface area contributed by atoms with E-state index in [1.54, 1.807) is 0 Å². The Hall–Kier alpha value is -0.625. The van der Waals surface area contributed by atoms with Gasteiger partial charge in [0, 0.05) is 5.41 Å². The van der Waals surface area contributed by atoms with Gasteiger partial charge in [0.1, 0.15) is 36.9 Å². The normalized spacial score (nSPS) is 24.3. The molecule has 288 valence electrons. The minimum Gasteiger partial charge on any atom is -0.491 e. The van der Waals surface area contributed by atoms with Crippen LogP contribution in [0, 0.1) is 0 Å². The van der Waals surface area contributed by atoms with Crippen molar-refractivity contribution in [3.63, 3.8) is 0 Å². The zero-order chi connectivity index (χ0) is 37.6. The molecule has 20 heteroatoms. The number of rotatable bonds is 16. The first-order valence-electron chi connectivity index (χ1n) is 18.3. The van der Waals surface area contributed by atoms with Crippen molar-refractivity contribution < 1.29 is 51.9 Å². The van der Waals surface area contributed by atoms with Gasteiger partial charge in [-0.15, -0.1) is 0 Å². The van der Waals surface area contributed by atoms with Crippen molar-refractivity contribution in [2.24, 2.45) is 0 Å². The van der Waals surface area contributed by atoms with E-state index in [0.29, 0.717) is 13.2 Å². The SMILES string of the molecule is C[Si]1O[Si]O[Si](CCCc2cc(C(C)(C)c3ccc(OCC4CO4)c(CCC[Si]4(C)O[Si](C)O[Si](C)O[Si](C)O4)c3)ccc2OCC2CO2)O[Si](C)O1. The van der Waals surface area contributed by atoms with Crippen LogP contribution in [0.2, 0.25) is 51.4 Å². The molecule has 8 radical (unpaired) electrons. The standard InChI is InChI=1S/C33H52O12Si8/c1-33(2,27-13-15-31(36-23-29-21-34-29)25(19-27)11-9-17-52-39-46-38-47(3)40-49(5)43-52)28-14-16-32(37-24-30-22-35-30)26(20-28)12-10-18-53(8)44-50(6)41-48(4)42-51(7)45-53/h13-16,19-20,29-30H,9-12,17-18,21-24H2,1-8H3. The second-order valence-corrected chi connectivity index (χ2v) is 30.0. The molecule has 4 heterocycles. The van der Waals surface area contributed by atoms with Crippen LogP contribution in [0.1, 0.15) is 48.9 Å². The molecule has 12 nitrogen and oxygen atoms in total. The van der Waals surface area contributed by atoms with Crippen molar-refractivity contribution in [2.45, 2.75) is 109 Å². The van der Waals surface area contributed by atoms with Gasteiger partial charge in [0.25, 0.3) is 0 Å². The predicted molar refractivity (Wildman–Crippen MR) is 212 cm³/mol. The fourth-order valence-corrected chi connectivity index (χ4v) is 25.4. The molecular weight excluding hydrogens is 813 g/mol. The zero-order valence-corrected chi connectivity index (χ0v) is 40.1. The highest BCUT2D eigenvalue weighted by molar-refractivity contribution is 6.81. The largest absolute Gasteiger partial charge is 0.491 e. The Kier molecular flexibility index (Phi) is 15.2. The van der Waals surface area contributed by atoms with Crippen LogP contribution >= 0.6 is 0 Å². The van der Waals surface area contributed by atoms with E-state index in [1.165, 1.54) is 22.3 Å². The van der Waals surface area contributed by atoms with Gasteiger partial charge in [0.2, 0.25) is 0 Å². The molecule has 6 rings (SSSR count). The second-order valence-electron chi connectivity index (χ2n) is 14.4. The Morgan fingerprint density at radius 1 is 0.698 bits per heavy atom. The van der Waals surface area contributed by atoms with Crippen molar-refractivity contribution in [3.05, 3.63) is 58.7 Å². The van der Waals surface area contributed by atoms with Gasteiger partial charge in [-0.2, -0.15) is 0 Å². The van der Waals surface area contributed by atoms with E-state index in [0.717, 1.165) is 62.5 Å². The van der Waals surface area contributed by atoms with Gasteiger partial charge in [-0.1, -0.05) is 38.1 Å². The number of epoxide rings is 2. The Labute approximate surface area is 329 Å².